The van der Waals surface area contributed by atoms with Crippen LogP contribution in [0, 0.1) is 5.92 Å². The van der Waals surface area contributed by atoms with E-state index >= 15 is 0 Å². The average molecular weight is 212 g/mol. The molecular weight excluding hydrogens is 188 g/mol. The fourth-order valence-electron chi connectivity index (χ4n) is 2.18. The van der Waals surface area contributed by atoms with Crippen LogP contribution in [0.3, 0.4) is 0 Å². The van der Waals surface area contributed by atoms with Crippen LogP contribution in [0.15, 0.2) is 0 Å². The van der Waals surface area contributed by atoms with E-state index in [1.54, 1.807) is 7.11 Å². The summed E-state index contributed by atoms with van der Waals surface area (Å²) in [5, 5.41) is 0. The minimum Gasteiger partial charge on any atom is -0.378 e. The zero-order valence-corrected chi connectivity index (χ0v) is 10.3. The van der Waals surface area contributed by atoms with Gasteiger partial charge in [-0.25, -0.2) is 0 Å². The van der Waals surface area contributed by atoms with Gasteiger partial charge in [-0.2, -0.15) is 0 Å². The second-order valence-electron chi connectivity index (χ2n) is 5.24. The summed E-state index contributed by atoms with van der Waals surface area (Å²) < 4.78 is 5.45. The van der Waals surface area contributed by atoms with Gasteiger partial charge in [0.2, 0.25) is 0 Å². The molecule has 1 rings (SSSR count). The van der Waals surface area contributed by atoms with Gasteiger partial charge in [-0.05, 0) is 31.6 Å². The fourth-order valence-corrected chi connectivity index (χ4v) is 2.18. The molecule has 1 aliphatic rings. The van der Waals surface area contributed by atoms with Crippen LogP contribution in [0.4, 0.5) is 0 Å². The molecule has 2 heteroatoms. The second-order valence-corrected chi connectivity index (χ2v) is 5.24. The Bertz CT molecular complexity index is 199. The van der Waals surface area contributed by atoms with Crippen LogP contribution in [-0.2, 0) is 9.53 Å². The van der Waals surface area contributed by atoms with Crippen molar-refractivity contribution in [3.63, 3.8) is 0 Å². The number of ether oxygens (including phenoxy) is 1. The molecule has 2 nitrogen and oxygen atoms in total. The number of hydrogen-bond acceptors (Lipinski definition) is 2. The SMILES string of the molecule is COC1(CC(=O)CCCC(C)C)CCC1. The predicted molar refractivity (Wildman–Crippen MR) is 61.9 cm³/mol. The highest BCUT2D eigenvalue weighted by Gasteiger charge is 2.38. The Hall–Kier alpha value is -0.370. The molecule has 1 saturated carbocycles. The first-order valence-corrected chi connectivity index (χ1v) is 6.15. The van der Waals surface area contributed by atoms with Crippen LogP contribution in [0.5, 0.6) is 0 Å². The Morgan fingerprint density at radius 1 is 1.40 bits per heavy atom. The van der Waals surface area contributed by atoms with Gasteiger partial charge in [0.05, 0.1) is 5.60 Å². The third-order valence-electron chi connectivity index (χ3n) is 3.45. The molecule has 0 aromatic rings. The van der Waals surface area contributed by atoms with Gasteiger partial charge in [-0.1, -0.05) is 20.3 Å². The summed E-state index contributed by atoms with van der Waals surface area (Å²) in [7, 11) is 1.74. The molecule has 88 valence electrons. The van der Waals surface area contributed by atoms with Crippen LogP contribution in [-0.4, -0.2) is 18.5 Å². The molecule has 0 unspecified atom stereocenters. The molecular formula is C13H24O2. The standard InChI is InChI=1S/C13H24O2/c1-11(2)6-4-7-12(14)10-13(15-3)8-5-9-13/h11H,4-10H2,1-3H3. The quantitative estimate of drug-likeness (QED) is 0.647. The van der Waals surface area contributed by atoms with Crippen LogP contribution < -0.4 is 0 Å². The Balaban J connectivity index is 2.17. The van der Waals surface area contributed by atoms with Crippen LogP contribution in [0.1, 0.15) is 58.8 Å². The second kappa shape index (κ2) is 5.64. The van der Waals surface area contributed by atoms with E-state index < -0.39 is 0 Å². The predicted octanol–water partition coefficient (Wildman–Crippen LogP) is 3.34. The molecule has 0 amide bonds. The van der Waals surface area contributed by atoms with Gasteiger partial charge >= 0.3 is 0 Å². The van der Waals surface area contributed by atoms with E-state index in [-0.39, 0.29) is 5.60 Å². The molecule has 0 atom stereocenters. The number of hydrogen-bond donors (Lipinski definition) is 0. The van der Waals surface area contributed by atoms with Gasteiger partial charge in [0, 0.05) is 20.0 Å². The zero-order valence-electron chi connectivity index (χ0n) is 10.3. The summed E-state index contributed by atoms with van der Waals surface area (Å²) in [5.41, 5.74) is -0.0745. The maximum atomic E-state index is 11.7. The molecule has 1 fully saturated rings. The summed E-state index contributed by atoms with van der Waals surface area (Å²) in [6.07, 6.45) is 6.93. The number of ketones is 1. The van der Waals surface area contributed by atoms with Crippen LogP contribution in [0.25, 0.3) is 0 Å². The van der Waals surface area contributed by atoms with Crippen molar-refractivity contribution in [2.24, 2.45) is 5.92 Å². The molecule has 0 N–H and O–H groups in total. The van der Waals surface area contributed by atoms with Gasteiger partial charge in [-0.3, -0.25) is 4.79 Å². The van der Waals surface area contributed by atoms with Gasteiger partial charge in [0.15, 0.2) is 0 Å². The fraction of sp³-hybridized carbons (Fsp3) is 0.923. The van der Waals surface area contributed by atoms with Gasteiger partial charge < -0.3 is 4.74 Å². The molecule has 0 heterocycles. The summed E-state index contributed by atoms with van der Waals surface area (Å²) in [5.74, 6) is 1.09. The van der Waals surface area contributed by atoms with Gasteiger partial charge in [0.1, 0.15) is 5.78 Å². The highest BCUT2D eigenvalue weighted by Crippen LogP contribution is 2.38. The number of Topliss-reactive ketones (excluding diaryl/α,β-unsaturated/α-hetero) is 1. The Labute approximate surface area is 93.4 Å². The van der Waals surface area contributed by atoms with E-state index in [4.69, 9.17) is 4.74 Å². The van der Waals surface area contributed by atoms with E-state index in [1.807, 2.05) is 0 Å². The van der Waals surface area contributed by atoms with E-state index in [1.165, 1.54) is 6.42 Å². The number of carbonyl (C=O) groups excluding carboxylic acids is 1. The Kier molecular flexibility index (Phi) is 4.78. The molecule has 0 aromatic heterocycles. The number of rotatable bonds is 7. The van der Waals surface area contributed by atoms with Crippen molar-refractivity contribution in [1.82, 2.24) is 0 Å². The smallest absolute Gasteiger partial charge is 0.135 e. The summed E-state index contributed by atoms with van der Waals surface area (Å²) in [4.78, 5) is 11.7. The summed E-state index contributed by atoms with van der Waals surface area (Å²) >= 11 is 0. The minimum atomic E-state index is -0.0745. The highest BCUT2D eigenvalue weighted by atomic mass is 16.5. The largest absolute Gasteiger partial charge is 0.378 e. The maximum absolute atomic E-state index is 11.7. The first-order chi connectivity index (χ1) is 7.08. The van der Waals surface area contributed by atoms with Gasteiger partial charge in [-0.15, -0.1) is 0 Å². The molecule has 15 heavy (non-hydrogen) atoms. The topological polar surface area (TPSA) is 26.3 Å². The molecule has 0 bridgehead atoms. The Morgan fingerprint density at radius 3 is 2.47 bits per heavy atom. The lowest BCUT2D eigenvalue weighted by Gasteiger charge is -2.40. The highest BCUT2D eigenvalue weighted by molar-refractivity contribution is 5.79. The van der Waals surface area contributed by atoms with Crippen molar-refractivity contribution in [2.75, 3.05) is 7.11 Å². The minimum absolute atomic E-state index is 0.0745. The first kappa shape index (κ1) is 12.7. The number of carbonyl (C=O) groups is 1. The summed E-state index contributed by atoms with van der Waals surface area (Å²) in [6.45, 7) is 4.40. The van der Waals surface area contributed by atoms with E-state index in [9.17, 15) is 4.79 Å². The lowest BCUT2D eigenvalue weighted by atomic mass is 9.76. The molecule has 0 saturated heterocycles. The van der Waals surface area contributed by atoms with Gasteiger partial charge in [0.25, 0.3) is 0 Å². The van der Waals surface area contributed by atoms with Crippen molar-refractivity contribution in [3.8, 4) is 0 Å². The average Bonchev–Trinajstić information content (AvgIpc) is 2.11. The number of methoxy groups -OCH3 is 1. The van der Waals surface area contributed by atoms with Crippen molar-refractivity contribution in [3.05, 3.63) is 0 Å². The molecule has 0 aromatic carbocycles. The van der Waals surface area contributed by atoms with E-state index in [0.717, 1.165) is 32.1 Å². The lowest BCUT2D eigenvalue weighted by molar-refractivity contribution is -0.132. The molecule has 0 aliphatic heterocycles. The van der Waals surface area contributed by atoms with Crippen LogP contribution >= 0.6 is 0 Å². The van der Waals surface area contributed by atoms with Crippen molar-refractivity contribution in [1.29, 1.82) is 0 Å². The lowest BCUT2D eigenvalue weighted by Crippen LogP contribution is -2.41. The van der Waals surface area contributed by atoms with Crippen molar-refractivity contribution in [2.45, 2.75) is 64.4 Å². The third kappa shape index (κ3) is 3.94. The van der Waals surface area contributed by atoms with Crippen LogP contribution in [0.2, 0.25) is 0 Å². The van der Waals surface area contributed by atoms with Crippen molar-refractivity contribution < 1.29 is 9.53 Å². The third-order valence-corrected chi connectivity index (χ3v) is 3.45. The maximum Gasteiger partial charge on any atom is 0.135 e. The monoisotopic (exact) mass is 212 g/mol. The molecule has 1 aliphatic carbocycles. The van der Waals surface area contributed by atoms with E-state index in [2.05, 4.69) is 13.8 Å². The Morgan fingerprint density at radius 2 is 2.07 bits per heavy atom. The zero-order chi connectivity index (χ0) is 11.3. The van der Waals surface area contributed by atoms with E-state index in [0.29, 0.717) is 18.1 Å². The first-order valence-electron chi connectivity index (χ1n) is 6.15. The normalized spacial score (nSPS) is 18.9. The van der Waals surface area contributed by atoms with Crippen molar-refractivity contribution >= 4 is 5.78 Å². The molecule has 0 spiro atoms. The molecule has 0 radical (unpaired) electrons. The summed E-state index contributed by atoms with van der Waals surface area (Å²) in [6, 6.07) is 0.